The second kappa shape index (κ2) is 7.44. The highest BCUT2D eigenvalue weighted by Gasteiger charge is 2.43. The van der Waals surface area contributed by atoms with Gasteiger partial charge in [-0.15, -0.1) is 0 Å². The molecule has 3 aromatic rings. The normalized spacial score (nSPS) is 14.7. The Morgan fingerprint density at radius 1 is 1.03 bits per heavy atom. The second-order valence-corrected chi connectivity index (χ2v) is 8.13. The van der Waals surface area contributed by atoms with Crippen molar-refractivity contribution < 1.29 is 19.1 Å². The summed E-state index contributed by atoms with van der Waals surface area (Å²) in [7, 11) is 0. The van der Waals surface area contributed by atoms with Crippen LogP contribution in [0.25, 0.3) is 16.9 Å². The van der Waals surface area contributed by atoms with Gasteiger partial charge in [0.1, 0.15) is 11.5 Å². The van der Waals surface area contributed by atoms with E-state index in [-0.39, 0.29) is 12.3 Å². The van der Waals surface area contributed by atoms with Crippen molar-refractivity contribution in [1.29, 1.82) is 0 Å². The van der Waals surface area contributed by atoms with Gasteiger partial charge in [-0.1, -0.05) is 42.5 Å². The van der Waals surface area contributed by atoms with Gasteiger partial charge in [-0.25, -0.2) is 9.48 Å². The van der Waals surface area contributed by atoms with Gasteiger partial charge in [0.2, 0.25) is 0 Å². The molecule has 1 aliphatic rings. The molecule has 2 aromatic carbocycles. The molecule has 0 saturated heterocycles. The number of hydrogen-bond donors (Lipinski definition) is 0. The zero-order valence-corrected chi connectivity index (χ0v) is 17.5. The molecule has 1 atom stereocenters. The van der Waals surface area contributed by atoms with E-state index in [1.54, 1.807) is 11.6 Å². The van der Waals surface area contributed by atoms with Crippen LogP contribution in [0.2, 0.25) is 0 Å². The molecule has 0 aliphatic heterocycles. The Labute approximate surface area is 175 Å². The Balaban J connectivity index is 1.98. The third-order valence-electron chi connectivity index (χ3n) is 4.85. The fourth-order valence-electron chi connectivity index (χ4n) is 3.79. The molecule has 0 amide bonds. The minimum atomic E-state index is -0.743. The van der Waals surface area contributed by atoms with Crippen molar-refractivity contribution in [3.8, 4) is 16.9 Å². The van der Waals surface area contributed by atoms with Gasteiger partial charge in [-0.3, -0.25) is 4.79 Å². The molecule has 1 aromatic heterocycles. The standard InChI is InChI=1S/C24H24N2O4/c1-5-29-23(28)20-19-18(22(27)30-24(2,3)4)16-13-9-10-14-17(16)21(19)26(25-20)15-11-7-6-8-12-15/h6-14,18H,5H2,1-4H3. The Kier molecular flexibility index (Phi) is 4.94. The van der Waals surface area contributed by atoms with Crippen molar-refractivity contribution in [3.63, 3.8) is 0 Å². The maximum atomic E-state index is 13.3. The van der Waals surface area contributed by atoms with Crippen LogP contribution in [0.5, 0.6) is 0 Å². The van der Waals surface area contributed by atoms with Crippen LogP contribution in [0.3, 0.4) is 0 Å². The van der Waals surface area contributed by atoms with Gasteiger partial charge in [0.05, 0.1) is 18.0 Å². The van der Waals surface area contributed by atoms with E-state index in [0.717, 1.165) is 22.5 Å². The highest BCUT2D eigenvalue weighted by atomic mass is 16.6. The van der Waals surface area contributed by atoms with Crippen molar-refractivity contribution in [1.82, 2.24) is 9.78 Å². The summed E-state index contributed by atoms with van der Waals surface area (Å²) in [5.74, 6) is -1.70. The molecule has 4 rings (SSSR count). The molecule has 154 valence electrons. The fourth-order valence-corrected chi connectivity index (χ4v) is 3.79. The molecule has 0 saturated carbocycles. The Morgan fingerprint density at radius 3 is 2.37 bits per heavy atom. The smallest absolute Gasteiger partial charge is 0.359 e. The zero-order valence-electron chi connectivity index (χ0n) is 17.5. The topological polar surface area (TPSA) is 70.4 Å². The molecule has 6 nitrogen and oxygen atoms in total. The number of carbonyl (C=O) groups is 2. The lowest BCUT2D eigenvalue weighted by molar-refractivity contribution is -0.155. The van der Waals surface area contributed by atoms with Gasteiger partial charge in [0.25, 0.3) is 0 Å². The van der Waals surface area contributed by atoms with Crippen LogP contribution in [-0.4, -0.2) is 33.9 Å². The Bertz CT molecular complexity index is 1110. The number of rotatable bonds is 4. The molecule has 1 aliphatic carbocycles. The van der Waals surface area contributed by atoms with E-state index in [1.807, 2.05) is 75.4 Å². The average molecular weight is 404 g/mol. The predicted molar refractivity (Wildman–Crippen MR) is 113 cm³/mol. The van der Waals surface area contributed by atoms with Crippen molar-refractivity contribution in [2.75, 3.05) is 6.61 Å². The van der Waals surface area contributed by atoms with Crippen LogP contribution in [0.1, 0.15) is 55.2 Å². The fraction of sp³-hybridized carbons (Fsp3) is 0.292. The minimum Gasteiger partial charge on any atom is -0.461 e. The van der Waals surface area contributed by atoms with E-state index in [4.69, 9.17) is 9.47 Å². The van der Waals surface area contributed by atoms with Gasteiger partial charge in [0, 0.05) is 11.1 Å². The summed E-state index contributed by atoms with van der Waals surface area (Å²) in [6.45, 7) is 7.44. The maximum absolute atomic E-state index is 13.3. The number of para-hydroxylation sites is 1. The first kappa shape index (κ1) is 19.9. The summed E-state index contributed by atoms with van der Waals surface area (Å²) in [6.07, 6.45) is 0. The number of ether oxygens (including phenoxy) is 2. The van der Waals surface area contributed by atoms with Gasteiger partial charge in [-0.05, 0) is 45.4 Å². The quantitative estimate of drug-likeness (QED) is 0.599. The highest BCUT2D eigenvalue weighted by Crippen LogP contribution is 2.48. The van der Waals surface area contributed by atoms with Gasteiger partial charge in [0.15, 0.2) is 5.69 Å². The Hall–Kier alpha value is -3.41. The summed E-state index contributed by atoms with van der Waals surface area (Å²) in [4.78, 5) is 26.1. The van der Waals surface area contributed by atoms with E-state index < -0.39 is 23.5 Å². The van der Waals surface area contributed by atoms with Crippen LogP contribution in [0.15, 0.2) is 54.6 Å². The third kappa shape index (κ3) is 3.38. The summed E-state index contributed by atoms with van der Waals surface area (Å²) in [5, 5.41) is 4.58. The van der Waals surface area contributed by atoms with Crippen molar-refractivity contribution in [3.05, 3.63) is 71.4 Å². The molecule has 1 unspecified atom stereocenters. The largest absolute Gasteiger partial charge is 0.461 e. The monoisotopic (exact) mass is 404 g/mol. The first-order valence-electron chi connectivity index (χ1n) is 9.99. The first-order valence-corrected chi connectivity index (χ1v) is 9.99. The van der Waals surface area contributed by atoms with E-state index in [0.29, 0.717) is 5.56 Å². The molecule has 1 heterocycles. The molecule has 0 fully saturated rings. The number of esters is 2. The van der Waals surface area contributed by atoms with Crippen LogP contribution in [-0.2, 0) is 14.3 Å². The first-order chi connectivity index (χ1) is 14.3. The molecular formula is C24H24N2O4. The van der Waals surface area contributed by atoms with E-state index in [2.05, 4.69) is 5.10 Å². The molecule has 0 radical (unpaired) electrons. The minimum absolute atomic E-state index is 0.141. The SMILES string of the molecule is CCOC(=O)c1nn(-c2ccccc2)c2c1C(C(=O)OC(C)(C)C)c1ccccc1-2. The van der Waals surface area contributed by atoms with Gasteiger partial charge >= 0.3 is 11.9 Å². The van der Waals surface area contributed by atoms with Crippen LogP contribution in [0, 0.1) is 0 Å². The zero-order chi connectivity index (χ0) is 21.5. The van der Waals surface area contributed by atoms with Gasteiger partial charge in [-0.2, -0.15) is 5.10 Å². The molecule has 0 N–H and O–H groups in total. The predicted octanol–water partition coefficient (Wildman–Crippen LogP) is 4.50. The number of hydrogen-bond acceptors (Lipinski definition) is 5. The van der Waals surface area contributed by atoms with Crippen molar-refractivity contribution in [2.45, 2.75) is 39.2 Å². The maximum Gasteiger partial charge on any atom is 0.359 e. The van der Waals surface area contributed by atoms with Crippen LogP contribution in [0.4, 0.5) is 0 Å². The average Bonchev–Trinajstić information content (AvgIpc) is 3.23. The Morgan fingerprint density at radius 2 is 1.70 bits per heavy atom. The molecule has 6 heteroatoms. The number of aromatic nitrogens is 2. The number of carbonyl (C=O) groups excluding carboxylic acids is 2. The van der Waals surface area contributed by atoms with E-state index >= 15 is 0 Å². The summed E-state index contributed by atoms with van der Waals surface area (Å²) >= 11 is 0. The molecule has 30 heavy (non-hydrogen) atoms. The second-order valence-electron chi connectivity index (χ2n) is 8.13. The van der Waals surface area contributed by atoms with Crippen LogP contribution >= 0.6 is 0 Å². The van der Waals surface area contributed by atoms with Crippen molar-refractivity contribution >= 4 is 11.9 Å². The number of fused-ring (bicyclic) bond motifs is 3. The lowest BCUT2D eigenvalue weighted by Gasteiger charge is -2.23. The molecule has 0 bridgehead atoms. The lowest BCUT2D eigenvalue weighted by Crippen LogP contribution is -2.28. The summed E-state index contributed by atoms with van der Waals surface area (Å²) in [6, 6.07) is 17.2. The third-order valence-corrected chi connectivity index (χ3v) is 4.85. The van der Waals surface area contributed by atoms with E-state index in [1.165, 1.54) is 0 Å². The van der Waals surface area contributed by atoms with Crippen LogP contribution < -0.4 is 0 Å². The summed E-state index contributed by atoms with van der Waals surface area (Å²) in [5.41, 5.74) is 3.19. The van der Waals surface area contributed by atoms with Crippen molar-refractivity contribution in [2.24, 2.45) is 0 Å². The summed E-state index contributed by atoms with van der Waals surface area (Å²) < 4.78 is 12.7. The highest BCUT2D eigenvalue weighted by molar-refractivity contribution is 6.00. The lowest BCUT2D eigenvalue weighted by atomic mass is 9.96. The number of nitrogens with zero attached hydrogens (tertiary/aromatic N) is 2. The molecular weight excluding hydrogens is 380 g/mol. The molecule has 0 spiro atoms. The number of benzene rings is 2. The van der Waals surface area contributed by atoms with E-state index in [9.17, 15) is 9.59 Å². The van der Waals surface area contributed by atoms with Gasteiger partial charge < -0.3 is 9.47 Å².